The van der Waals surface area contributed by atoms with Gasteiger partial charge in [0, 0.05) is 18.7 Å². The summed E-state index contributed by atoms with van der Waals surface area (Å²) in [7, 11) is 0. The van der Waals surface area contributed by atoms with E-state index in [2.05, 4.69) is 5.32 Å². The van der Waals surface area contributed by atoms with Crippen LogP contribution in [0.3, 0.4) is 0 Å². The van der Waals surface area contributed by atoms with Crippen LogP contribution in [0.4, 0.5) is 4.79 Å². The maximum atomic E-state index is 12.7. The number of nitrogens with zero attached hydrogens (tertiary/aromatic N) is 1. The Morgan fingerprint density at radius 1 is 1.06 bits per heavy atom. The molecule has 0 atom stereocenters. The van der Waals surface area contributed by atoms with E-state index in [1.165, 1.54) is 0 Å². The molecule has 5 rings (SSSR count). The minimum absolute atomic E-state index is 0.0829. The van der Waals surface area contributed by atoms with Crippen molar-refractivity contribution in [3.05, 3.63) is 64.1 Å². The van der Waals surface area contributed by atoms with Gasteiger partial charge in [0.2, 0.25) is 6.79 Å². The summed E-state index contributed by atoms with van der Waals surface area (Å²) in [5.74, 6) is 1.30. The number of carbonyl (C=O) groups excluding carboxylic acids is 3. The second-order valence-electron chi connectivity index (χ2n) is 7.20. The number of para-hydroxylation sites is 1. The van der Waals surface area contributed by atoms with E-state index in [1.54, 1.807) is 30.4 Å². The van der Waals surface area contributed by atoms with Crippen LogP contribution in [0.25, 0.3) is 12.2 Å². The molecule has 1 N–H and O–H groups in total. The van der Waals surface area contributed by atoms with Gasteiger partial charge in [-0.1, -0.05) is 24.3 Å². The third-order valence-corrected chi connectivity index (χ3v) is 6.02. The predicted octanol–water partition coefficient (Wildman–Crippen LogP) is 3.04. The molecule has 2 aromatic carbocycles. The zero-order valence-electron chi connectivity index (χ0n) is 16.8. The average Bonchev–Trinajstić information content (AvgIpc) is 3.38. The normalized spacial score (nSPS) is 17.8. The van der Waals surface area contributed by atoms with E-state index in [9.17, 15) is 14.4 Å². The van der Waals surface area contributed by atoms with Crippen molar-refractivity contribution in [1.29, 1.82) is 0 Å². The van der Waals surface area contributed by atoms with Crippen molar-refractivity contribution < 1.29 is 28.6 Å². The predicted molar refractivity (Wildman–Crippen MR) is 118 cm³/mol. The molecular formula is C23H18N2O6S. The van der Waals surface area contributed by atoms with Crippen molar-refractivity contribution in [2.24, 2.45) is 0 Å². The van der Waals surface area contributed by atoms with Crippen LogP contribution >= 0.6 is 11.8 Å². The van der Waals surface area contributed by atoms with E-state index >= 15 is 0 Å². The van der Waals surface area contributed by atoms with Gasteiger partial charge in [0.15, 0.2) is 11.5 Å². The van der Waals surface area contributed by atoms with E-state index in [0.29, 0.717) is 22.0 Å². The summed E-state index contributed by atoms with van der Waals surface area (Å²) < 4.78 is 16.2. The largest absolute Gasteiger partial charge is 0.488 e. The summed E-state index contributed by atoms with van der Waals surface area (Å²) in [4.78, 5) is 38.9. The highest BCUT2D eigenvalue weighted by atomic mass is 32.2. The number of amides is 3. The summed E-state index contributed by atoms with van der Waals surface area (Å²) in [5, 5.41) is 2.38. The number of thioether (sulfide) groups is 1. The number of hydrogen-bond acceptors (Lipinski definition) is 7. The van der Waals surface area contributed by atoms with Gasteiger partial charge in [-0.05, 0) is 47.7 Å². The standard InChI is InChI=1S/C23H18N2O6S/c26-21(16-11-15-3-1-2-4-17(15)29-12-16)24-7-8-25-22(27)20(32-23(25)28)10-14-5-6-18-19(9-14)31-13-30-18/h1-6,9-11H,7-8,12-13H2,(H,24,26)/b20-10-. The molecule has 2 aromatic rings. The highest BCUT2D eigenvalue weighted by molar-refractivity contribution is 8.18. The molecule has 0 unspecified atom stereocenters. The van der Waals surface area contributed by atoms with Crippen LogP contribution in [-0.2, 0) is 9.59 Å². The molecule has 3 heterocycles. The van der Waals surface area contributed by atoms with Gasteiger partial charge in [-0.2, -0.15) is 0 Å². The number of hydrogen-bond donors (Lipinski definition) is 1. The first-order valence-electron chi connectivity index (χ1n) is 9.94. The number of nitrogens with one attached hydrogen (secondary N) is 1. The second-order valence-corrected chi connectivity index (χ2v) is 8.19. The molecule has 162 valence electrons. The lowest BCUT2D eigenvalue weighted by Gasteiger charge is -2.18. The molecule has 0 radical (unpaired) electrons. The van der Waals surface area contributed by atoms with Gasteiger partial charge >= 0.3 is 0 Å². The first-order chi connectivity index (χ1) is 15.6. The zero-order chi connectivity index (χ0) is 22.1. The lowest BCUT2D eigenvalue weighted by molar-refractivity contribution is -0.123. The van der Waals surface area contributed by atoms with Crippen LogP contribution in [0.15, 0.2) is 52.9 Å². The van der Waals surface area contributed by atoms with Gasteiger partial charge < -0.3 is 19.5 Å². The maximum Gasteiger partial charge on any atom is 0.293 e. The molecule has 3 aliphatic rings. The lowest BCUT2D eigenvalue weighted by Crippen LogP contribution is -2.38. The van der Waals surface area contributed by atoms with Gasteiger partial charge in [0.1, 0.15) is 12.4 Å². The van der Waals surface area contributed by atoms with Crippen LogP contribution in [0.2, 0.25) is 0 Å². The van der Waals surface area contributed by atoms with Crippen molar-refractivity contribution >= 4 is 41.0 Å². The van der Waals surface area contributed by atoms with Crippen molar-refractivity contribution in [3.63, 3.8) is 0 Å². The monoisotopic (exact) mass is 450 g/mol. The lowest BCUT2D eigenvalue weighted by atomic mass is 10.1. The molecule has 1 saturated heterocycles. The van der Waals surface area contributed by atoms with Crippen LogP contribution in [-0.4, -0.2) is 48.4 Å². The highest BCUT2D eigenvalue weighted by Gasteiger charge is 2.34. The number of carbonyl (C=O) groups is 3. The smallest absolute Gasteiger partial charge is 0.293 e. The fourth-order valence-electron chi connectivity index (χ4n) is 3.49. The van der Waals surface area contributed by atoms with Gasteiger partial charge in [0.05, 0.1) is 10.5 Å². The van der Waals surface area contributed by atoms with E-state index < -0.39 is 0 Å². The molecule has 3 amide bonds. The minimum Gasteiger partial charge on any atom is -0.488 e. The molecule has 0 aliphatic carbocycles. The molecule has 1 fully saturated rings. The van der Waals surface area contributed by atoms with Crippen LogP contribution in [0.5, 0.6) is 17.2 Å². The average molecular weight is 450 g/mol. The fraction of sp³-hybridized carbons (Fsp3) is 0.174. The molecule has 0 spiro atoms. The van der Waals surface area contributed by atoms with Gasteiger partial charge in [-0.3, -0.25) is 19.3 Å². The third kappa shape index (κ3) is 3.94. The quantitative estimate of drug-likeness (QED) is 0.700. The number of imide groups is 1. The number of ether oxygens (including phenoxy) is 3. The Kier molecular flexibility index (Phi) is 5.32. The maximum absolute atomic E-state index is 12.7. The molecule has 8 nitrogen and oxygen atoms in total. The number of benzene rings is 2. The van der Waals surface area contributed by atoms with E-state index in [1.807, 2.05) is 24.3 Å². The summed E-state index contributed by atoms with van der Waals surface area (Å²) in [6.07, 6.45) is 3.43. The Morgan fingerprint density at radius 3 is 2.81 bits per heavy atom. The molecule has 3 aliphatic heterocycles. The Balaban J connectivity index is 1.19. The van der Waals surface area contributed by atoms with E-state index in [-0.39, 0.29) is 43.5 Å². The van der Waals surface area contributed by atoms with Crippen LogP contribution in [0, 0.1) is 0 Å². The Bertz CT molecular complexity index is 1190. The summed E-state index contributed by atoms with van der Waals surface area (Å²) in [6.45, 7) is 0.562. The Morgan fingerprint density at radius 2 is 1.91 bits per heavy atom. The van der Waals surface area contributed by atoms with Crippen molar-refractivity contribution in [1.82, 2.24) is 10.2 Å². The van der Waals surface area contributed by atoms with E-state index in [4.69, 9.17) is 14.2 Å². The summed E-state index contributed by atoms with van der Waals surface area (Å²) in [6, 6.07) is 12.8. The molecule has 32 heavy (non-hydrogen) atoms. The van der Waals surface area contributed by atoms with Crippen molar-refractivity contribution in [2.45, 2.75) is 0 Å². The molecule has 0 bridgehead atoms. The van der Waals surface area contributed by atoms with Crippen LogP contribution in [0.1, 0.15) is 11.1 Å². The molecule has 0 saturated carbocycles. The van der Waals surface area contributed by atoms with Crippen molar-refractivity contribution in [2.75, 3.05) is 26.5 Å². The topological polar surface area (TPSA) is 94.2 Å². The number of rotatable bonds is 5. The molecule has 0 aromatic heterocycles. The van der Waals surface area contributed by atoms with Gasteiger partial charge in [-0.25, -0.2) is 0 Å². The SMILES string of the molecule is O=C(NCCN1C(=O)S/C(=C\c2ccc3c(c2)OCO3)C1=O)C1=Cc2ccccc2OC1. The Hall–Kier alpha value is -3.72. The minimum atomic E-state index is -0.388. The molecule has 9 heteroatoms. The first kappa shape index (κ1) is 20.2. The first-order valence-corrected chi connectivity index (χ1v) is 10.8. The molecular weight excluding hydrogens is 432 g/mol. The highest BCUT2D eigenvalue weighted by Crippen LogP contribution is 2.36. The van der Waals surface area contributed by atoms with Crippen molar-refractivity contribution in [3.8, 4) is 17.2 Å². The third-order valence-electron chi connectivity index (χ3n) is 5.11. The Labute approximate surface area is 187 Å². The van der Waals surface area contributed by atoms with Crippen LogP contribution < -0.4 is 19.5 Å². The fourth-order valence-corrected chi connectivity index (χ4v) is 4.35. The van der Waals surface area contributed by atoms with Gasteiger partial charge in [-0.15, -0.1) is 0 Å². The summed E-state index contributed by atoms with van der Waals surface area (Å²) in [5.41, 5.74) is 2.06. The van der Waals surface area contributed by atoms with E-state index in [0.717, 1.165) is 33.5 Å². The second kappa shape index (κ2) is 8.43. The zero-order valence-corrected chi connectivity index (χ0v) is 17.6. The number of fused-ring (bicyclic) bond motifs is 2. The van der Waals surface area contributed by atoms with Gasteiger partial charge in [0.25, 0.3) is 17.1 Å². The summed E-state index contributed by atoms with van der Waals surface area (Å²) >= 11 is 0.871.